The van der Waals surface area contributed by atoms with Gasteiger partial charge in [-0.2, -0.15) is 0 Å². The highest BCUT2D eigenvalue weighted by Crippen LogP contribution is 2.41. The van der Waals surface area contributed by atoms with E-state index in [2.05, 4.69) is 0 Å². The third kappa shape index (κ3) is 2.74. The fourth-order valence-corrected chi connectivity index (χ4v) is 3.15. The molecule has 0 amide bonds. The van der Waals surface area contributed by atoms with E-state index in [0.717, 1.165) is 18.4 Å². The van der Waals surface area contributed by atoms with Crippen molar-refractivity contribution in [2.75, 3.05) is 0 Å². The van der Waals surface area contributed by atoms with Crippen molar-refractivity contribution in [3.05, 3.63) is 35.9 Å². The summed E-state index contributed by atoms with van der Waals surface area (Å²) in [7, 11) is 0. The van der Waals surface area contributed by atoms with Crippen LogP contribution in [-0.4, -0.2) is 11.1 Å². The SMILES string of the molecule is CC(Cc1ccccc1)(C(=O)O)C1CCCCC1. The molecule has 2 rings (SSSR count). The molecule has 1 aliphatic carbocycles. The first kappa shape index (κ1) is 13.1. The second-order valence-electron chi connectivity index (χ2n) is 5.72. The predicted octanol–water partition coefficient (Wildman–Crippen LogP) is 3.90. The van der Waals surface area contributed by atoms with E-state index in [0.29, 0.717) is 12.3 Å². The molecule has 0 radical (unpaired) electrons. The molecule has 1 unspecified atom stereocenters. The number of benzene rings is 1. The molecule has 0 saturated heterocycles. The number of hydrogen-bond acceptors (Lipinski definition) is 1. The summed E-state index contributed by atoms with van der Waals surface area (Å²) in [5.41, 5.74) is 0.523. The van der Waals surface area contributed by atoms with Crippen molar-refractivity contribution in [3.8, 4) is 0 Å². The van der Waals surface area contributed by atoms with Gasteiger partial charge in [0, 0.05) is 0 Å². The van der Waals surface area contributed by atoms with E-state index >= 15 is 0 Å². The maximum atomic E-state index is 11.7. The number of rotatable bonds is 4. The second-order valence-corrected chi connectivity index (χ2v) is 5.72. The van der Waals surface area contributed by atoms with Crippen molar-refractivity contribution in [1.82, 2.24) is 0 Å². The summed E-state index contributed by atoms with van der Waals surface area (Å²) in [5.74, 6) is -0.317. The molecule has 98 valence electrons. The maximum absolute atomic E-state index is 11.7. The number of carbonyl (C=O) groups is 1. The lowest BCUT2D eigenvalue weighted by atomic mass is 9.67. The number of aliphatic carboxylic acids is 1. The molecule has 18 heavy (non-hydrogen) atoms. The van der Waals surface area contributed by atoms with Crippen molar-refractivity contribution < 1.29 is 9.90 Å². The Morgan fingerprint density at radius 2 is 1.83 bits per heavy atom. The van der Waals surface area contributed by atoms with E-state index in [1.165, 1.54) is 19.3 Å². The minimum absolute atomic E-state index is 0.323. The third-order valence-corrected chi connectivity index (χ3v) is 4.41. The standard InChI is InChI=1S/C16H22O2/c1-16(15(17)18,14-10-6-3-7-11-14)12-13-8-4-2-5-9-13/h2,4-5,8-9,14H,3,6-7,10-12H2,1H3,(H,17,18). The molecule has 1 aromatic carbocycles. The van der Waals surface area contributed by atoms with Gasteiger partial charge in [0.15, 0.2) is 0 Å². The molecule has 1 N–H and O–H groups in total. The minimum Gasteiger partial charge on any atom is -0.481 e. The van der Waals surface area contributed by atoms with Crippen LogP contribution in [0, 0.1) is 11.3 Å². The van der Waals surface area contributed by atoms with Crippen molar-refractivity contribution in [1.29, 1.82) is 0 Å². The van der Waals surface area contributed by atoms with E-state index in [-0.39, 0.29) is 0 Å². The molecule has 1 fully saturated rings. The number of carboxylic acid groups (broad SMARTS) is 1. The first-order valence-corrected chi connectivity index (χ1v) is 6.90. The highest BCUT2D eigenvalue weighted by Gasteiger charge is 2.41. The zero-order valence-corrected chi connectivity index (χ0v) is 11.1. The third-order valence-electron chi connectivity index (χ3n) is 4.41. The monoisotopic (exact) mass is 246 g/mol. The van der Waals surface area contributed by atoms with Gasteiger partial charge in [-0.05, 0) is 37.7 Å². The lowest BCUT2D eigenvalue weighted by Gasteiger charge is -2.36. The molecule has 0 aliphatic heterocycles. The van der Waals surface area contributed by atoms with Crippen LogP contribution in [0.5, 0.6) is 0 Å². The van der Waals surface area contributed by atoms with Gasteiger partial charge in [-0.1, -0.05) is 49.6 Å². The molecule has 1 aliphatic rings. The zero-order chi connectivity index (χ0) is 13.0. The highest BCUT2D eigenvalue weighted by molar-refractivity contribution is 5.75. The molecule has 2 heteroatoms. The second kappa shape index (κ2) is 5.55. The molecule has 0 heterocycles. The average molecular weight is 246 g/mol. The summed E-state index contributed by atoms with van der Waals surface area (Å²) in [6, 6.07) is 10.0. The predicted molar refractivity (Wildman–Crippen MR) is 72.5 cm³/mol. The molecule has 0 spiro atoms. The lowest BCUT2D eigenvalue weighted by molar-refractivity contribution is -0.152. The Labute approximate surface area is 109 Å². The lowest BCUT2D eigenvalue weighted by Crippen LogP contribution is -2.39. The zero-order valence-electron chi connectivity index (χ0n) is 11.1. The highest BCUT2D eigenvalue weighted by atomic mass is 16.4. The van der Waals surface area contributed by atoms with Crippen LogP contribution in [0.2, 0.25) is 0 Å². The molecule has 0 aromatic heterocycles. The Hall–Kier alpha value is -1.31. The number of carboxylic acids is 1. The Balaban J connectivity index is 2.18. The van der Waals surface area contributed by atoms with Crippen LogP contribution < -0.4 is 0 Å². The topological polar surface area (TPSA) is 37.3 Å². The van der Waals surface area contributed by atoms with E-state index in [9.17, 15) is 9.90 Å². The smallest absolute Gasteiger partial charge is 0.309 e. The van der Waals surface area contributed by atoms with E-state index in [1.807, 2.05) is 37.3 Å². The van der Waals surface area contributed by atoms with Crippen molar-refractivity contribution in [2.24, 2.45) is 11.3 Å². The molecule has 0 bridgehead atoms. The minimum atomic E-state index is -0.641. The molecule has 1 saturated carbocycles. The fourth-order valence-electron chi connectivity index (χ4n) is 3.15. The van der Waals surface area contributed by atoms with Gasteiger partial charge in [0.1, 0.15) is 0 Å². The van der Waals surface area contributed by atoms with Gasteiger partial charge >= 0.3 is 5.97 Å². The first-order chi connectivity index (χ1) is 8.63. The van der Waals surface area contributed by atoms with Crippen LogP contribution >= 0.6 is 0 Å². The van der Waals surface area contributed by atoms with Gasteiger partial charge in [-0.15, -0.1) is 0 Å². The van der Waals surface area contributed by atoms with Gasteiger partial charge in [-0.25, -0.2) is 0 Å². The van der Waals surface area contributed by atoms with Gasteiger partial charge in [0.05, 0.1) is 5.41 Å². The van der Waals surface area contributed by atoms with Crippen molar-refractivity contribution in [3.63, 3.8) is 0 Å². The van der Waals surface area contributed by atoms with E-state index in [1.54, 1.807) is 0 Å². The van der Waals surface area contributed by atoms with Gasteiger partial charge in [-0.3, -0.25) is 4.79 Å². The Morgan fingerprint density at radius 3 is 2.39 bits per heavy atom. The Kier molecular flexibility index (Phi) is 4.05. The van der Waals surface area contributed by atoms with E-state index in [4.69, 9.17) is 0 Å². The van der Waals surface area contributed by atoms with Gasteiger partial charge < -0.3 is 5.11 Å². The van der Waals surface area contributed by atoms with Crippen LogP contribution in [0.4, 0.5) is 0 Å². The summed E-state index contributed by atoms with van der Waals surface area (Å²) >= 11 is 0. The van der Waals surface area contributed by atoms with E-state index < -0.39 is 11.4 Å². The fraction of sp³-hybridized carbons (Fsp3) is 0.562. The summed E-state index contributed by atoms with van der Waals surface area (Å²) < 4.78 is 0. The molecular weight excluding hydrogens is 224 g/mol. The molecule has 1 aromatic rings. The van der Waals surface area contributed by atoms with Gasteiger partial charge in [0.25, 0.3) is 0 Å². The van der Waals surface area contributed by atoms with Crippen LogP contribution in [0.3, 0.4) is 0 Å². The number of hydrogen-bond donors (Lipinski definition) is 1. The maximum Gasteiger partial charge on any atom is 0.309 e. The normalized spacial score (nSPS) is 20.3. The van der Waals surface area contributed by atoms with Gasteiger partial charge in [0.2, 0.25) is 0 Å². The summed E-state index contributed by atoms with van der Waals surface area (Å²) in [5, 5.41) is 9.65. The molecule has 2 nitrogen and oxygen atoms in total. The molecule has 1 atom stereocenters. The summed E-state index contributed by atoms with van der Waals surface area (Å²) in [6.07, 6.45) is 6.40. The first-order valence-electron chi connectivity index (χ1n) is 6.90. The average Bonchev–Trinajstić information content (AvgIpc) is 2.40. The Morgan fingerprint density at radius 1 is 1.22 bits per heavy atom. The summed E-state index contributed by atoms with van der Waals surface area (Å²) in [4.78, 5) is 11.7. The quantitative estimate of drug-likeness (QED) is 0.874. The Bertz CT molecular complexity index is 393. The van der Waals surface area contributed by atoms with Crippen molar-refractivity contribution >= 4 is 5.97 Å². The van der Waals surface area contributed by atoms with Crippen LogP contribution in [-0.2, 0) is 11.2 Å². The van der Waals surface area contributed by atoms with Crippen LogP contribution in [0.1, 0.15) is 44.6 Å². The largest absolute Gasteiger partial charge is 0.481 e. The van der Waals surface area contributed by atoms with Crippen molar-refractivity contribution in [2.45, 2.75) is 45.4 Å². The molecular formula is C16H22O2. The van der Waals surface area contributed by atoms with Crippen LogP contribution in [0.25, 0.3) is 0 Å². The van der Waals surface area contributed by atoms with Crippen LogP contribution in [0.15, 0.2) is 30.3 Å². The summed E-state index contributed by atoms with van der Waals surface area (Å²) in [6.45, 7) is 1.93.